The number of rotatable bonds is 6. The van der Waals surface area contributed by atoms with Gasteiger partial charge in [-0.2, -0.15) is 5.10 Å². The predicted octanol–water partition coefficient (Wildman–Crippen LogP) is 1.52. The second-order valence-corrected chi connectivity index (χ2v) is 7.01. The highest BCUT2D eigenvalue weighted by Crippen LogP contribution is 2.30. The Bertz CT molecular complexity index is 493. The fourth-order valence-corrected chi connectivity index (χ4v) is 2.12. The second kappa shape index (κ2) is 7.09. The maximum absolute atomic E-state index is 11.9. The highest BCUT2D eigenvalue weighted by Gasteiger charge is 2.36. The standard InChI is InChI=1S/C15H28N4O3/c1-11(2)15(9-20,7-12-17-10-18-19(12)6)8-16-13(21)22-14(3,4)5/h10-11,20H,7-9H2,1-6H3,(H,16,21). The van der Waals surface area contributed by atoms with Gasteiger partial charge in [0.25, 0.3) is 0 Å². The van der Waals surface area contributed by atoms with E-state index in [4.69, 9.17) is 4.74 Å². The van der Waals surface area contributed by atoms with Crippen LogP contribution >= 0.6 is 0 Å². The second-order valence-electron chi connectivity index (χ2n) is 7.01. The van der Waals surface area contributed by atoms with E-state index in [1.165, 1.54) is 6.33 Å². The Balaban J connectivity index is 2.80. The number of aliphatic hydroxyl groups excluding tert-OH is 1. The molecule has 1 heterocycles. The zero-order valence-electron chi connectivity index (χ0n) is 14.4. The van der Waals surface area contributed by atoms with Crippen molar-refractivity contribution in [3.05, 3.63) is 12.2 Å². The van der Waals surface area contributed by atoms with E-state index in [-0.39, 0.29) is 12.5 Å². The number of nitrogens with one attached hydrogen (secondary N) is 1. The molecule has 1 amide bonds. The Hall–Kier alpha value is -1.63. The lowest BCUT2D eigenvalue weighted by atomic mass is 9.74. The lowest BCUT2D eigenvalue weighted by molar-refractivity contribution is 0.0386. The van der Waals surface area contributed by atoms with Crippen LogP contribution in [-0.2, 0) is 18.2 Å². The molecule has 0 aliphatic carbocycles. The maximum Gasteiger partial charge on any atom is 0.407 e. The molecular weight excluding hydrogens is 284 g/mol. The molecule has 1 aromatic heterocycles. The number of carbonyl (C=O) groups excluding carboxylic acids is 1. The summed E-state index contributed by atoms with van der Waals surface area (Å²) in [5.41, 5.74) is -1.06. The molecule has 7 nitrogen and oxygen atoms in total. The summed E-state index contributed by atoms with van der Waals surface area (Å²) in [4.78, 5) is 16.1. The number of aryl methyl sites for hydroxylation is 1. The Kier molecular flexibility index (Phi) is 5.93. The average Bonchev–Trinajstić information content (AvgIpc) is 2.77. The lowest BCUT2D eigenvalue weighted by Gasteiger charge is -2.36. The van der Waals surface area contributed by atoms with Crippen LogP contribution in [0.2, 0.25) is 0 Å². The van der Waals surface area contributed by atoms with E-state index >= 15 is 0 Å². The van der Waals surface area contributed by atoms with Gasteiger partial charge in [0, 0.05) is 25.4 Å². The highest BCUT2D eigenvalue weighted by molar-refractivity contribution is 5.67. The van der Waals surface area contributed by atoms with Crippen molar-refractivity contribution in [2.24, 2.45) is 18.4 Å². The summed E-state index contributed by atoms with van der Waals surface area (Å²) in [6.07, 6.45) is 1.52. The normalized spacial score (nSPS) is 14.7. The van der Waals surface area contributed by atoms with Gasteiger partial charge in [-0.25, -0.2) is 9.78 Å². The van der Waals surface area contributed by atoms with Crippen molar-refractivity contribution >= 4 is 6.09 Å². The number of ether oxygens (including phenoxy) is 1. The number of hydrogen-bond donors (Lipinski definition) is 2. The monoisotopic (exact) mass is 312 g/mol. The van der Waals surface area contributed by atoms with Gasteiger partial charge in [-0.1, -0.05) is 13.8 Å². The number of aliphatic hydroxyl groups is 1. The van der Waals surface area contributed by atoms with Crippen molar-refractivity contribution in [2.45, 2.75) is 46.6 Å². The van der Waals surface area contributed by atoms with Crippen LogP contribution in [-0.4, -0.2) is 44.7 Å². The van der Waals surface area contributed by atoms with Crippen LogP contribution in [0.1, 0.15) is 40.4 Å². The van der Waals surface area contributed by atoms with E-state index in [9.17, 15) is 9.90 Å². The van der Waals surface area contributed by atoms with Crippen LogP contribution in [0.15, 0.2) is 6.33 Å². The third-order valence-corrected chi connectivity index (χ3v) is 3.84. The topological polar surface area (TPSA) is 89.3 Å². The molecule has 0 bridgehead atoms. The van der Waals surface area contributed by atoms with Crippen molar-refractivity contribution in [3.8, 4) is 0 Å². The largest absolute Gasteiger partial charge is 0.444 e. The van der Waals surface area contributed by atoms with Crippen LogP contribution in [0, 0.1) is 11.3 Å². The van der Waals surface area contributed by atoms with Crippen LogP contribution in [0.25, 0.3) is 0 Å². The van der Waals surface area contributed by atoms with Gasteiger partial charge in [-0.3, -0.25) is 4.68 Å². The van der Waals surface area contributed by atoms with Crippen molar-refractivity contribution in [1.29, 1.82) is 0 Å². The van der Waals surface area contributed by atoms with Gasteiger partial charge >= 0.3 is 6.09 Å². The molecule has 0 aromatic carbocycles. The minimum atomic E-state index is -0.548. The fraction of sp³-hybridized carbons (Fsp3) is 0.800. The zero-order chi connectivity index (χ0) is 17.0. The molecule has 2 N–H and O–H groups in total. The molecule has 1 atom stereocenters. The summed E-state index contributed by atoms with van der Waals surface area (Å²) in [6, 6.07) is 0. The summed E-state index contributed by atoms with van der Waals surface area (Å²) in [5, 5.41) is 16.7. The summed E-state index contributed by atoms with van der Waals surface area (Å²) in [7, 11) is 1.81. The van der Waals surface area contributed by atoms with Crippen molar-refractivity contribution in [1.82, 2.24) is 20.1 Å². The van der Waals surface area contributed by atoms with Crippen molar-refractivity contribution in [2.75, 3.05) is 13.2 Å². The summed E-state index contributed by atoms with van der Waals surface area (Å²) < 4.78 is 6.93. The molecule has 0 aliphatic rings. The Morgan fingerprint density at radius 1 is 1.45 bits per heavy atom. The van der Waals surface area contributed by atoms with Crippen molar-refractivity contribution in [3.63, 3.8) is 0 Å². The molecule has 1 rings (SSSR count). The Labute approximate surface area is 132 Å². The van der Waals surface area contributed by atoms with Crippen molar-refractivity contribution < 1.29 is 14.6 Å². The van der Waals surface area contributed by atoms with E-state index in [0.717, 1.165) is 5.82 Å². The molecule has 7 heteroatoms. The molecule has 0 saturated carbocycles. The number of carbonyl (C=O) groups is 1. The van der Waals surface area contributed by atoms with Gasteiger partial charge in [0.15, 0.2) is 0 Å². The molecule has 0 fully saturated rings. The van der Waals surface area contributed by atoms with E-state index in [1.807, 2.05) is 41.7 Å². The average molecular weight is 312 g/mol. The fourth-order valence-electron chi connectivity index (χ4n) is 2.12. The minimum absolute atomic E-state index is 0.0622. The smallest absolute Gasteiger partial charge is 0.407 e. The lowest BCUT2D eigenvalue weighted by Crippen LogP contribution is -2.46. The molecule has 1 unspecified atom stereocenters. The molecule has 0 radical (unpaired) electrons. The van der Waals surface area contributed by atoms with Crippen LogP contribution in [0.4, 0.5) is 4.79 Å². The number of alkyl carbamates (subject to hydrolysis) is 1. The van der Waals surface area contributed by atoms with Crippen LogP contribution in [0.3, 0.4) is 0 Å². The number of amides is 1. The number of hydrogen-bond acceptors (Lipinski definition) is 5. The quantitative estimate of drug-likeness (QED) is 0.831. The van der Waals surface area contributed by atoms with E-state index in [1.54, 1.807) is 4.68 Å². The highest BCUT2D eigenvalue weighted by atomic mass is 16.6. The molecule has 0 saturated heterocycles. The Morgan fingerprint density at radius 3 is 2.50 bits per heavy atom. The first-order valence-corrected chi connectivity index (χ1v) is 7.50. The number of nitrogens with zero attached hydrogens (tertiary/aromatic N) is 3. The van der Waals surface area contributed by atoms with E-state index in [0.29, 0.717) is 13.0 Å². The maximum atomic E-state index is 11.9. The van der Waals surface area contributed by atoms with Crippen LogP contribution in [0.5, 0.6) is 0 Å². The minimum Gasteiger partial charge on any atom is -0.444 e. The van der Waals surface area contributed by atoms with Gasteiger partial charge in [-0.15, -0.1) is 0 Å². The Morgan fingerprint density at radius 2 is 2.09 bits per heavy atom. The molecule has 0 aliphatic heterocycles. The summed E-state index contributed by atoms with van der Waals surface area (Å²) in [5.74, 6) is 0.915. The summed E-state index contributed by atoms with van der Waals surface area (Å²) >= 11 is 0. The first-order valence-electron chi connectivity index (χ1n) is 7.50. The zero-order valence-corrected chi connectivity index (χ0v) is 14.4. The molecule has 0 spiro atoms. The predicted molar refractivity (Wildman–Crippen MR) is 83.3 cm³/mol. The molecule has 22 heavy (non-hydrogen) atoms. The third kappa shape index (κ3) is 4.98. The first kappa shape index (κ1) is 18.4. The summed E-state index contributed by atoms with van der Waals surface area (Å²) in [6.45, 7) is 9.72. The van der Waals surface area contributed by atoms with Gasteiger partial charge in [0.05, 0.1) is 6.61 Å². The molecular formula is C15H28N4O3. The van der Waals surface area contributed by atoms with Gasteiger partial charge in [0.1, 0.15) is 17.8 Å². The van der Waals surface area contributed by atoms with E-state index < -0.39 is 17.1 Å². The van der Waals surface area contributed by atoms with Gasteiger partial charge in [0.2, 0.25) is 0 Å². The SMILES string of the molecule is CC(C)C(CO)(CNC(=O)OC(C)(C)C)Cc1ncnn1C. The first-order chi connectivity index (χ1) is 10.1. The third-order valence-electron chi connectivity index (χ3n) is 3.84. The molecule has 1 aromatic rings. The molecule has 126 valence electrons. The van der Waals surface area contributed by atoms with Gasteiger partial charge < -0.3 is 15.2 Å². The van der Waals surface area contributed by atoms with Crippen LogP contribution < -0.4 is 5.32 Å². The number of aromatic nitrogens is 3. The van der Waals surface area contributed by atoms with E-state index in [2.05, 4.69) is 15.4 Å². The van der Waals surface area contributed by atoms with Gasteiger partial charge in [-0.05, 0) is 26.7 Å².